The Balaban J connectivity index is 1.85. The van der Waals surface area contributed by atoms with Gasteiger partial charge in [0.05, 0.1) is 24.0 Å². The van der Waals surface area contributed by atoms with Crippen LogP contribution in [-0.2, 0) is 7.05 Å². The third-order valence-corrected chi connectivity index (χ3v) is 4.34. The van der Waals surface area contributed by atoms with E-state index in [4.69, 9.17) is 16.3 Å². The number of amides is 1. The molecule has 24 heavy (non-hydrogen) atoms. The van der Waals surface area contributed by atoms with Crippen LogP contribution in [0.1, 0.15) is 10.5 Å². The van der Waals surface area contributed by atoms with Gasteiger partial charge in [-0.25, -0.2) is 9.37 Å². The number of anilines is 1. The molecule has 0 aliphatic carbocycles. The Morgan fingerprint density at radius 3 is 2.92 bits per heavy atom. The van der Waals surface area contributed by atoms with Crippen molar-refractivity contribution < 1.29 is 13.9 Å². The number of aromatic nitrogens is 3. The van der Waals surface area contributed by atoms with Crippen molar-refractivity contribution in [2.24, 2.45) is 7.05 Å². The van der Waals surface area contributed by atoms with Crippen molar-refractivity contribution in [3.63, 3.8) is 0 Å². The Hall–Kier alpha value is -2.45. The third-order valence-electron chi connectivity index (χ3n) is 3.17. The van der Waals surface area contributed by atoms with E-state index in [0.717, 1.165) is 11.3 Å². The van der Waals surface area contributed by atoms with E-state index in [1.54, 1.807) is 23.3 Å². The van der Waals surface area contributed by atoms with Crippen molar-refractivity contribution in [1.29, 1.82) is 0 Å². The van der Waals surface area contributed by atoms with E-state index >= 15 is 0 Å². The molecule has 1 aromatic carbocycles. The molecule has 0 aliphatic rings. The molecule has 0 fully saturated rings. The van der Waals surface area contributed by atoms with Crippen LogP contribution < -0.4 is 10.1 Å². The van der Waals surface area contributed by atoms with Gasteiger partial charge in [-0.05, 0) is 6.07 Å². The molecule has 0 saturated heterocycles. The molecule has 0 radical (unpaired) electrons. The monoisotopic (exact) mass is 366 g/mol. The molecule has 3 rings (SSSR count). The van der Waals surface area contributed by atoms with Crippen LogP contribution in [0.5, 0.6) is 5.75 Å². The predicted molar refractivity (Wildman–Crippen MR) is 90.2 cm³/mol. The number of thiazole rings is 1. The maximum atomic E-state index is 14.2. The van der Waals surface area contributed by atoms with Crippen molar-refractivity contribution in [3.8, 4) is 16.3 Å². The van der Waals surface area contributed by atoms with Gasteiger partial charge in [0.25, 0.3) is 5.91 Å². The lowest BCUT2D eigenvalue weighted by molar-refractivity contribution is 0.102. The number of hydrogen-bond donors (Lipinski definition) is 1. The van der Waals surface area contributed by atoms with Gasteiger partial charge in [0.2, 0.25) is 0 Å². The van der Waals surface area contributed by atoms with Gasteiger partial charge in [-0.15, -0.1) is 11.3 Å². The molecule has 2 heterocycles. The van der Waals surface area contributed by atoms with Gasteiger partial charge in [0.15, 0.2) is 0 Å². The first kappa shape index (κ1) is 16.4. The van der Waals surface area contributed by atoms with E-state index in [0.29, 0.717) is 10.7 Å². The van der Waals surface area contributed by atoms with Gasteiger partial charge in [0, 0.05) is 30.3 Å². The topological polar surface area (TPSA) is 69.0 Å². The number of carbonyl (C=O) groups is 1. The fraction of sp³-hybridized carbons (Fsp3) is 0.133. The molecule has 0 saturated carbocycles. The number of ether oxygens (including phenoxy) is 1. The lowest BCUT2D eigenvalue weighted by Crippen LogP contribution is -2.11. The van der Waals surface area contributed by atoms with Gasteiger partial charge in [-0.2, -0.15) is 5.10 Å². The summed E-state index contributed by atoms with van der Waals surface area (Å²) in [5.41, 5.74) is 0.951. The second-order valence-electron chi connectivity index (χ2n) is 4.86. The Morgan fingerprint density at radius 2 is 2.25 bits per heavy atom. The number of benzene rings is 1. The van der Waals surface area contributed by atoms with E-state index in [1.807, 2.05) is 0 Å². The molecule has 0 aliphatic heterocycles. The minimum Gasteiger partial charge on any atom is -0.495 e. The molecule has 9 heteroatoms. The molecule has 1 amide bonds. The number of hydrogen-bond acceptors (Lipinski definition) is 5. The molecule has 2 aromatic heterocycles. The van der Waals surface area contributed by atoms with Gasteiger partial charge in [0.1, 0.15) is 22.3 Å². The van der Waals surface area contributed by atoms with Crippen LogP contribution in [0.4, 0.5) is 10.1 Å². The minimum absolute atomic E-state index is 0.185. The molecule has 0 bridgehead atoms. The van der Waals surface area contributed by atoms with E-state index in [2.05, 4.69) is 15.4 Å². The van der Waals surface area contributed by atoms with Crippen LogP contribution in [-0.4, -0.2) is 27.8 Å². The fourth-order valence-electron chi connectivity index (χ4n) is 2.03. The van der Waals surface area contributed by atoms with Gasteiger partial charge in [-0.3, -0.25) is 9.48 Å². The van der Waals surface area contributed by atoms with Crippen molar-refractivity contribution in [2.75, 3.05) is 12.4 Å². The van der Waals surface area contributed by atoms with E-state index in [-0.39, 0.29) is 22.0 Å². The number of carbonyl (C=O) groups excluding carboxylic acids is 1. The van der Waals surface area contributed by atoms with Crippen molar-refractivity contribution in [2.45, 2.75) is 0 Å². The number of aryl methyl sites for hydroxylation is 1. The van der Waals surface area contributed by atoms with Gasteiger partial charge < -0.3 is 10.1 Å². The molecule has 0 spiro atoms. The van der Waals surface area contributed by atoms with Crippen LogP contribution in [0.15, 0.2) is 29.9 Å². The molecular weight excluding hydrogens is 355 g/mol. The van der Waals surface area contributed by atoms with Gasteiger partial charge >= 0.3 is 0 Å². The van der Waals surface area contributed by atoms with E-state index in [9.17, 15) is 9.18 Å². The molecular formula is C15H12ClFN4O2S. The first-order valence-electron chi connectivity index (χ1n) is 6.77. The molecule has 124 valence electrons. The molecule has 0 atom stereocenters. The number of methoxy groups -OCH3 is 1. The average molecular weight is 367 g/mol. The maximum Gasteiger partial charge on any atom is 0.275 e. The predicted octanol–water partition coefficient (Wildman–Crippen LogP) is 3.60. The summed E-state index contributed by atoms with van der Waals surface area (Å²) in [7, 11) is 3.15. The average Bonchev–Trinajstić information content (AvgIpc) is 3.18. The summed E-state index contributed by atoms with van der Waals surface area (Å²) in [5.74, 6) is -0.681. The first-order valence-corrected chi connectivity index (χ1v) is 8.02. The summed E-state index contributed by atoms with van der Waals surface area (Å²) in [5, 5.41) is 8.81. The van der Waals surface area contributed by atoms with Gasteiger partial charge in [-0.1, -0.05) is 11.6 Å². The second kappa shape index (κ2) is 6.58. The highest BCUT2D eigenvalue weighted by atomic mass is 35.5. The SMILES string of the molecule is COc1cc(F)c(-c2nc(C(=O)Nc3cnn(C)c3)cs2)cc1Cl. The summed E-state index contributed by atoms with van der Waals surface area (Å²) in [6.45, 7) is 0. The standard InChI is InChI=1S/C15H12ClFN4O2S/c1-21-6-8(5-18-21)19-14(22)12-7-24-15(20-12)9-3-10(16)13(23-2)4-11(9)17/h3-7H,1-2H3,(H,19,22). The number of rotatable bonds is 4. The van der Waals surface area contributed by atoms with Crippen LogP contribution in [0.3, 0.4) is 0 Å². The van der Waals surface area contributed by atoms with Crippen molar-refractivity contribution in [1.82, 2.24) is 14.8 Å². The normalized spacial score (nSPS) is 10.7. The van der Waals surface area contributed by atoms with E-state index < -0.39 is 11.7 Å². The highest BCUT2D eigenvalue weighted by molar-refractivity contribution is 7.13. The smallest absolute Gasteiger partial charge is 0.275 e. The largest absolute Gasteiger partial charge is 0.495 e. The molecule has 1 N–H and O–H groups in total. The highest BCUT2D eigenvalue weighted by Gasteiger charge is 2.17. The Kier molecular flexibility index (Phi) is 4.50. The Bertz CT molecular complexity index is 909. The zero-order valence-electron chi connectivity index (χ0n) is 12.7. The summed E-state index contributed by atoms with van der Waals surface area (Å²) in [4.78, 5) is 16.4. The minimum atomic E-state index is -0.523. The van der Waals surface area contributed by atoms with Crippen molar-refractivity contribution >= 4 is 34.5 Å². The van der Waals surface area contributed by atoms with Crippen LogP contribution in [0.2, 0.25) is 5.02 Å². The zero-order chi connectivity index (χ0) is 17.3. The van der Waals surface area contributed by atoms with E-state index in [1.165, 1.54) is 25.4 Å². The van der Waals surface area contributed by atoms with Crippen molar-refractivity contribution in [3.05, 3.63) is 46.4 Å². The zero-order valence-corrected chi connectivity index (χ0v) is 14.3. The first-order chi connectivity index (χ1) is 11.5. The summed E-state index contributed by atoms with van der Waals surface area (Å²) in [6.07, 6.45) is 3.18. The molecule has 6 nitrogen and oxygen atoms in total. The van der Waals surface area contributed by atoms with Crippen LogP contribution in [0.25, 0.3) is 10.6 Å². The Labute approximate surface area is 145 Å². The molecule has 0 unspecified atom stereocenters. The maximum absolute atomic E-state index is 14.2. The summed E-state index contributed by atoms with van der Waals surface area (Å²) >= 11 is 7.18. The van der Waals surface area contributed by atoms with Crippen LogP contribution in [0, 0.1) is 5.82 Å². The number of halogens is 2. The lowest BCUT2D eigenvalue weighted by Gasteiger charge is -2.05. The third kappa shape index (κ3) is 3.24. The number of nitrogens with one attached hydrogen (secondary N) is 1. The molecule has 3 aromatic rings. The quantitative estimate of drug-likeness (QED) is 0.766. The number of nitrogens with zero attached hydrogens (tertiary/aromatic N) is 3. The Morgan fingerprint density at radius 1 is 1.46 bits per heavy atom. The lowest BCUT2D eigenvalue weighted by atomic mass is 10.2. The summed E-state index contributed by atoms with van der Waals surface area (Å²) < 4.78 is 20.7. The summed E-state index contributed by atoms with van der Waals surface area (Å²) in [6, 6.07) is 2.62. The fourth-order valence-corrected chi connectivity index (χ4v) is 3.09. The van der Waals surface area contributed by atoms with Crippen LogP contribution >= 0.6 is 22.9 Å². The highest BCUT2D eigenvalue weighted by Crippen LogP contribution is 2.34. The second-order valence-corrected chi connectivity index (χ2v) is 6.13.